The molecule has 16 nitrogen and oxygen atoms in total. The van der Waals surface area contributed by atoms with Gasteiger partial charge in [-0.1, -0.05) is 65.8 Å². The average Bonchev–Trinajstić information content (AvgIpc) is 4.02. The number of nitrogens with one attached hydrogen (secondary N) is 4. The van der Waals surface area contributed by atoms with Gasteiger partial charge >= 0.3 is 12.2 Å². The van der Waals surface area contributed by atoms with Crippen LogP contribution >= 0.6 is 0 Å². The molecule has 3 aliphatic heterocycles. The normalized spacial score (nSPS) is 20.3. The molecule has 5 rings (SSSR count). The fourth-order valence-electron chi connectivity index (χ4n) is 8.02. The van der Waals surface area contributed by atoms with Crippen molar-refractivity contribution in [3.63, 3.8) is 0 Å². The first-order chi connectivity index (χ1) is 28.4. The Balaban J connectivity index is 1.19. The highest BCUT2D eigenvalue weighted by Gasteiger charge is 2.43. The topological polar surface area (TPSA) is 188 Å². The number of ether oxygens (including phenoxy) is 3. The van der Waals surface area contributed by atoms with Gasteiger partial charge in [-0.3, -0.25) is 24.1 Å². The van der Waals surface area contributed by atoms with E-state index in [0.717, 1.165) is 17.5 Å². The maximum Gasteiger partial charge on any atom is 0.407 e. The van der Waals surface area contributed by atoms with Crippen LogP contribution in [0.5, 0.6) is 0 Å². The molecule has 0 radical (unpaired) electrons. The Hall–Kier alpha value is -5.22. The van der Waals surface area contributed by atoms with Crippen molar-refractivity contribution in [2.75, 3.05) is 51.2 Å². The summed E-state index contributed by atoms with van der Waals surface area (Å²) in [4.78, 5) is 83.9. The van der Waals surface area contributed by atoms with Crippen molar-refractivity contribution in [3.05, 3.63) is 59.7 Å². The van der Waals surface area contributed by atoms with Gasteiger partial charge in [0.25, 0.3) is 0 Å². The summed E-state index contributed by atoms with van der Waals surface area (Å²) in [5, 5.41) is 11.3. The number of rotatable bonds is 13. The van der Waals surface area contributed by atoms with Crippen molar-refractivity contribution in [2.45, 2.75) is 117 Å². The van der Waals surface area contributed by atoms with E-state index >= 15 is 0 Å². The van der Waals surface area contributed by atoms with E-state index in [1.807, 2.05) is 90.1 Å². The van der Waals surface area contributed by atoms with E-state index in [2.05, 4.69) is 26.2 Å². The number of hydrogen-bond donors (Lipinski definition) is 4. The second-order valence-corrected chi connectivity index (χ2v) is 18.0. The molecule has 60 heavy (non-hydrogen) atoms. The van der Waals surface area contributed by atoms with Crippen LogP contribution in [0, 0.1) is 10.8 Å². The van der Waals surface area contributed by atoms with Gasteiger partial charge in [0.1, 0.15) is 24.2 Å². The van der Waals surface area contributed by atoms with Gasteiger partial charge in [-0.25, -0.2) is 9.59 Å². The third kappa shape index (κ3) is 11.7. The minimum Gasteiger partial charge on any atom is -0.453 e. The smallest absolute Gasteiger partial charge is 0.407 e. The summed E-state index contributed by atoms with van der Waals surface area (Å²) in [5.74, 6) is -1.19. The molecule has 2 aromatic carbocycles. The third-order valence-electron chi connectivity index (χ3n) is 11.4. The van der Waals surface area contributed by atoms with Crippen LogP contribution in [0.3, 0.4) is 0 Å². The predicted molar refractivity (Wildman–Crippen MR) is 226 cm³/mol. The minimum atomic E-state index is -0.858. The molecule has 0 bridgehead atoms. The lowest BCUT2D eigenvalue weighted by Gasteiger charge is -2.35. The number of amides is 6. The van der Waals surface area contributed by atoms with E-state index < -0.39 is 47.2 Å². The van der Waals surface area contributed by atoms with Crippen LogP contribution in [0.4, 0.5) is 21.0 Å². The first kappa shape index (κ1) is 45.9. The summed E-state index contributed by atoms with van der Waals surface area (Å²) in [5.41, 5.74) is 2.14. The molecule has 328 valence electrons. The second kappa shape index (κ2) is 19.9. The predicted octanol–water partition coefficient (Wildman–Crippen LogP) is 4.88. The third-order valence-corrected chi connectivity index (χ3v) is 11.4. The largest absolute Gasteiger partial charge is 0.453 e. The highest BCUT2D eigenvalue weighted by Crippen LogP contribution is 2.29. The van der Waals surface area contributed by atoms with Crippen LogP contribution < -0.4 is 21.3 Å². The Morgan fingerprint density at radius 3 is 1.40 bits per heavy atom. The molecule has 3 aliphatic rings. The molecule has 0 saturated carbocycles. The Bertz CT molecular complexity index is 1710. The van der Waals surface area contributed by atoms with E-state index in [0.29, 0.717) is 76.5 Å². The van der Waals surface area contributed by atoms with Crippen LogP contribution in [-0.2, 0) is 46.5 Å². The van der Waals surface area contributed by atoms with Crippen molar-refractivity contribution in [1.82, 2.24) is 25.3 Å². The van der Waals surface area contributed by atoms with Crippen LogP contribution in [0.25, 0.3) is 0 Å². The molecule has 0 aliphatic carbocycles. The Labute approximate surface area is 353 Å². The first-order valence-electron chi connectivity index (χ1n) is 20.8. The van der Waals surface area contributed by atoms with E-state index in [4.69, 9.17) is 14.2 Å². The summed E-state index contributed by atoms with van der Waals surface area (Å²) < 4.78 is 15.3. The van der Waals surface area contributed by atoms with Gasteiger partial charge in [-0.2, -0.15) is 0 Å². The van der Waals surface area contributed by atoms with Crippen molar-refractivity contribution in [2.24, 2.45) is 10.8 Å². The summed E-state index contributed by atoms with van der Waals surface area (Å²) in [6.45, 7) is 14.5. The molecule has 0 aromatic heterocycles. The van der Waals surface area contributed by atoms with Gasteiger partial charge < -0.3 is 45.3 Å². The Morgan fingerprint density at radius 1 is 0.667 bits per heavy atom. The van der Waals surface area contributed by atoms with E-state index in [9.17, 15) is 28.8 Å². The van der Waals surface area contributed by atoms with Crippen molar-refractivity contribution in [3.8, 4) is 0 Å². The number of likely N-dealkylation sites (tertiary alicyclic amines) is 2. The molecule has 0 spiro atoms. The molecular formula is C44H63N7O9. The summed E-state index contributed by atoms with van der Waals surface area (Å²) in [6, 6.07) is 12.6. The van der Waals surface area contributed by atoms with Gasteiger partial charge in [0.15, 0.2) is 0 Å². The van der Waals surface area contributed by atoms with Crippen LogP contribution in [-0.4, -0.2) is 121 Å². The Kier molecular flexibility index (Phi) is 15.2. The van der Waals surface area contributed by atoms with E-state index in [-0.39, 0.29) is 29.7 Å². The quantitative estimate of drug-likeness (QED) is 0.217. The van der Waals surface area contributed by atoms with Crippen molar-refractivity contribution < 1.29 is 43.0 Å². The van der Waals surface area contributed by atoms with Crippen LogP contribution in [0.2, 0.25) is 0 Å². The second-order valence-electron chi connectivity index (χ2n) is 18.0. The van der Waals surface area contributed by atoms with Gasteiger partial charge in [0, 0.05) is 50.2 Å². The monoisotopic (exact) mass is 833 g/mol. The number of hydrogen-bond acceptors (Lipinski definition) is 10. The van der Waals surface area contributed by atoms with Gasteiger partial charge in [-0.15, -0.1) is 0 Å². The number of anilines is 2. The molecule has 3 fully saturated rings. The average molecular weight is 834 g/mol. The van der Waals surface area contributed by atoms with Gasteiger partial charge in [0.2, 0.25) is 23.6 Å². The number of carbonyl (C=O) groups excluding carboxylic acids is 6. The summed E-state index contributed by atoms with van der Waals surface area (Å²) >= 11 is 0. The van der Waals surface area contributed by atoms with Gasteiger partial charge in [0.05, 0.1) is 20.8 Å². The zero-order valence-electron chi connectivity index (χ0n) is 36.3. The fraction of sp³-hybridized carbons (Fsp3) is 0.591. The lowest BCUT2D eigenvalue weighted by Crippen LogP contribution is -2.57. The van der Waals surface area contributed by atoms with Crippen LogP contribution in [0.1, 0.15) is 84.8 Å². The molecule has 16 heteroatoms. The van der Waals surface area contributed by atoms with E-state index in [1.165, 1.54) is 14.2 Å². The van der Waals surface area contributed by atoms with Crippen molar-refractivity contribution >= 4 is 47.2 Å². The van der Waals surface area contributed by atoms with Gasteiger partial charge in [-0.05, 0) is 78.3 Å². The zero-order valence-corrected chi connectivity index (χ0v) is 36.3. The number of carbonyl (C=O) groups is 6. The SMILES string of the molecule is COC(=O)NC(C(=O)N1CCCC1C(=O)Nc1ccc(CN(Cc2ccc(NC(=O)C3CCCN3C(=O)C(NC(=O)OC)C(C)(C)C)cc2)C2CCOC2)cc1)C(C)(C)C. The molecule has 3 heterocycles. The molecular weight excluding hydrogens is 771 g/mol. The standard InChI is InChI=1S/C44H63N7O9/c1-43(2,3)35(47-41(56)58-7)39(54)50-22-9-11-33(50)37(52)45-30-17-13-28(14-18-30)25-49(32-21-24-60-27-32)26-29-15-19-31(20-16-29)46-38(53)34-12-10-23-51(34)40(55)36(44(4,5)6)48-42(57)59-8/h13-20,32-36H,9-12,21-27H2,1-8H3,(H,45,52)(H,46,53)(H,47,56)(H,48,57). The molecule has 4 N–H and O–H groups in total. The number of nitrogens with zero attached hydrogens (tertiary/aromatic N) is 3. The molecule has 3 saturated heterocycles. The lowest BCUT2D eigenvalue weighted by molar-refractivity contribution is -0.140. The van der Waals surface area contributed by atoms with E-state index in [1.54, 1.807) is 9.80 Å². The molecule has 6 amide bonds. The number of benzene rings is 2. The molecule has 5 atom stereocenters. The highest BCUT2D eigenvalue weighted by molar-refractivity contribution is 5.99. The maximum absolute atomic E-state index is 13.6. The fourth-order valence-corrected chi connectivity index (χ4v) is 8.02. The number of alkyl carbamates (subject to hydrolysis) is 2. The Morgan fingerprint density at radius 2 is 1.07 bits per heavy atom. The minimum absolute atomic E-state index is 0.205. The summed E-state index contributed by atoms with van der Waals surface area (Å²) in [7, 11) is 2.50. The van der Waals surface area contributed by atoms with Crippen LogP contribution in [0.15, 0.2) is 48.5 Å². The van der Waals surface area contributed by atoms with Crippen molar-refractivity contribution in [1.29, 1.82) is 0 Å². The molecule has 2 aromatic rings. The number of methoxy groups -OCH3 is 2. The zero-order chi connectivity index (χ0) is 43.8. The lowest BCUT2D eigenvalue weighted by atomic mass is 9.85. The first-order valence-corrected chi connectivity index (χ1v) is 20.8. The molecule has 5 unspecified atom stereocenters. The maximum atomic E-state index is 13.6. The summed E-state index contributed by atoms with van der Waals surface area (Å²) in [6.07, 6.45) is 1.88. The highest BCUT2D eigenvalue weighted by atomic mass is 16.5.